The van der Waals surface area contributed by atoms with E-state index in [4.69, 9.17) is 5.73 Å². The summed E-state index contributed by atoms with van der Waals surface area (Å²) in [6.45, 7) is 5.09. The molecule has 1 heteroatoms. The van der Waals surface area contributed by atoms with Crippen molar-refractivity contribution in [3.63, 3.8) is 0 Å². The number of nitrogens with two attached hydrogens (primary N) is 1. The highest BCUT2D eigenvalue weighted by atomic mass is 14.5. The van der Waals surface area contributed by atoms with Gasteiger partial charge in [0.25, 0.3) is 0 Å². The lowest BCUT2D eigenvalue weighted by atomic mass is 9.78. The summed E-state index contributed by atoms with van der Waals surface area (Å²) in [6.07, 6.45) is 0. The van der Waals surface area contributed by atoms with E-state index >= 15 is 0 Å². The largest absolute Gasteiger partial charge is 0.326 e. The van der Waals surface area contributed by atoms with Gasteiger partial charge in [0.05, 0.1) is 0 Å². The molecule has 2 aromatic carbocycles. The van der Waals surface area contributed by atoms with Gasteiger partial charge in [-0.2, -0.15) is 0 Å². The molecule has 0 aliphatic rings. The second-order valence-corrected chi connectivity index (χ2v) is 4.90. The number of hydrogen-bond acceptors (Lipinski definition) is 1. The molecule has 0 spiro atoms. The minimum Gasteiger partial charge on any atom is -0.326 e. The maximum atomic E-state index is 5.70. The van der Waals surface area contributed by atoms with Crippen LogP contribution in [0.15, 0.2) is 54.6 Å². The van der Waals surface area contributed by atoms with Crippen LogP contribution in [0.25, 0.3) is 0 Å². The highest BCUT2D eigenvalue weighted by Crippen LogP contribution is 2.31. The van der Waals surface area contributed by atoms with Crippen molar-refractivity contribution < 1.29 is 0 Å². The normalized spacial score (nSPS) is 11.5. The summed E-state index contributed by atoms with van der Waals surface area (Å²) in [5, 5.41) is 0. The zero-order chi connectivity index (χ0) is 12.3. The van der Waals surface area contributed by atoms with Crippen molar-refractivity contribution in [2.45, 2.75) is 25.8 Å². The summed E-state index contributed by atoms with van der Waals surface area (Å²) in [4.78, 5) is 0. The lowest BCUT2D eigenvalue weighted by Crippen LogP contribution is -2.19. The Kier molecular flexibility index (Phi) is 3.30. The molecule has 2 rings (SSSR count). The second kappa shape index (κ2) is 4.72. The molecule has 0 aliphatic heterocycles. The van der Waals surface area contributed by atoms with Gasteiger partial charge in [-0.25, -0.2) is 0 Å². The van der Waals surface area contributed by atoms with Crippen LogP contribution in [-0.4, -0.2) is 0 Å². The van der Waals surface area contributed by atoms with Crippen LogP contribution in [-0.2, 0) is 12.0 Å². The molecule has 1 nitrogen and oxygen atoms in total. The summed E-state index contributed by atoms with van der Waals surface area (Å²) in [5.74, 6) is 0. The van der Waals surface area contributed by atoms with Gasteiger partial charge in [-0.05, 0) is 16.7 Å². The maximum absolute atomic E-state index is 5.70. The monoisotopic (exact) mass is 225 g/mol. The topological polar surface area (TPSA) is 26.0 Å². The molecule has 0 aromatic heterocycles. The third kappa shape index (κ3) is 2.40. The van der Waals surface area contributed by atoms with E-state index in [2.05, 4.69) is 68.4 Å². The van der Waals surface area contributed by atoms with Gasteiger partial charge in [-0.3, -0.25) is 0 Å². The van der Waals surface area contributed by atoms with Crippen LogP contribution < -0.4 is 5.73 Å². The highest BCUT2D eigenvalue weighted by molar-refractivity contribution is 5.39. The fourth-order valence-corrected chi connectivity index (χ4v) is 2.11. The Morgan fingerprint density at radius 2 is 1.53 bits per heavy atom. The minimum absolute atomic E-state index is 0.0203. The molecule has 2 N–H and O–H groups in total. The van der Waals surface area contributed by atoms with Crippen molar-refractivity contribution in [3.05, 3.63) is 71.3 Å². The van der Waals surface area contributed by atoms with E-state index in [1.165, 1.54) is 16.7 Å². The molecule has 0 fully saturated rings. The van der Waals surface area contributed by atoms with Gasteiger partial charge < -0.3 is 5.73 Å². The molecule has 0 saturated carbocycles. The fourth-order valence-electron chi connectivity index (χ4n) is 2.11. The van der Waals surface area contributed by atoms with Crippen molar-refractivity contribution in [2.75, 3.05) is 0 Å². The predicted octanol–water partition coefficient (Wildman–Crippen LogP) is 3.47. The lowest BCUT2D eigenvalue weighted by molar-refractivity contribution is 0.639. The third-order valence-corrected chi connectivity index (χ3v) is 3.38. The fraction of sp³-hybridized carbons (Fsp3) is 0.250. The van der Waals surface area contributed by atoms with Crippen molar-refractivity contribution >= 4 is 0 Å². The first-order valence-corrected chi connectivity index (χ1v) is 5.99. The highest BCUT2D eigenvalue weighted by Gasteiger charge is 2.22. The standard InChI is InChI=1S/C16H19N/c1-16(2,14-8-4-3-5-9-14)15-10-6-7-13(11-15)12-17/h3-11H,12,17H2,1-2H3. The summed E-state index contributed by atoms with van der Waals surface area (Å²) >= 11 is 0. The van der Waals surface area contributed by atoms with Crippen LogP contribution in [0.3, 0.4) is 0 Å². The van der Waals surface area contributed by atoms with Crippen LogP contribution in [0, 0.1) is 0 Å². The van der Waals surface area contributed by atoms with E-state index in [0.29, 0.717) is 6.54 Å². The first-order valence-electron chi connectivity index (χ1n) is 5.99. The number of rotatable bonds is 3. The zero-order valence-electron chi connectivity index (χ0n) is 10.5. The Hall–Kier alpha value is -1.60. The molecule has 2 aromatic rings. The number of hydrogen-bond donors (Lipinski definition) is 1. The summed E-state index contributed by atoms with van der Waals surface area (Å²) in [6, 6.07) is 19.1. The lowest BCUT2D eigenvalue weighted by Gasteiger charge is -2.26. The van der Waals surface area contributed by atoms with Crippen molar-refractivity contribution in [3.8, 4) is 0 Å². The molecule has 0 radical (unpaired) electrons. The Bertz CT molecular complexity index is 486. The Morgan fingerprint density at radius 3 is 2.18 bits per heavy atom. The second-order valence-electron chi connectivity index (χ2n) is 4.90. The molecular weight excluding hydrogens is 206 g/mol. The minimum atomic E-state index is 0.0203. The van der Waals surface area contributed by atoms with Crippen molar-refractivity contribution in [1.82, 2.24) is 0 Å². The smallest absolute Gasteiger partial charge is 0.0178 e. The molecule has 0 unspecified atom stereocenters. The Labute approximate surface area is 103 Å². The molecule has 0 heterocycles. The molecule has 0 atom stereocenters. The van der Waals surface area contributed by atoms with E-state index in [1.807, 2.05) is 0 Å². The van der Waals surface area contributed by atoms with E-state index in [-0.39, 0.29) is 5.41 Å². The van der Waals surface area contributed by atoms with Crippen molar-refractivity contribution in [2.24, 2.45) is 5.73 Å². The molecule has 0 saturated heterocycles. The maximum Gasteiger partial charge on any atom is 0.0178 e. The van der Waals surface area contributed by atoms with Gasteiger partial charge in [0.1, 0.15) is 0 Å². The van der Waals surface area contributed by atoms with Crippen molar-refractivity contribution in [1.29, 1.82) is 0 Å². The van der Waals surface area contributed by atoms with E-state index in [0.717, 1.165) is 0 Å². The molecule has 88 valence electrons. The summed E-state index contributed by atoms with van der Waals surface area (Å²) in [5.41, 5.74) is 9.55. The van der Waals surface area contributed by atoms with Gasteiger partial charge in [0.15, 0.2) is 0 Å². The molecule has 0 aliphatic carbocycles. The molecule has 0 amide bonds. The molecule has 17 heavy (non-hydrogen) atoms. The van der Waals surface area contributed by atoms with E-state index in [9.17, 15) is 0 Å². The summed E-state index contributed by atoms with van der Waals surface area (Å²) in [7, 11) is 0. The van der Waals surface area contributed by atoms with E-state index < -0.39 is 0 Å². The average molecular weight is 225 g/mol. The van der Waals surface area contributed by atoms with Crippen LogP contribution in [0.1, 0.15) is 30.5 Å². The van der Waals surface area contributed by atoms with Gasteiger partial charge >= 0.3 is 0 Å². The SMILES string of the molecule is CC(C)(c1ccccc1)c1cccc(CN)c1. The van der Waals surface area contributed by atoms with Gasteiger partial charge in [0.2, 0.25) is 0 Å². The van der Waals surface area contributed by atoms with Gasteiger partial charge in [-0.15, -0.1) is 0 Å². The van der Waals surface area contributed by atoms with Crippen LogP contribution in [0.2, 0.25) is 0 Å². The average Bonchev–Trinajstić information content (AvgIpc) is 2.40. The van der Waals surface area contributed by atoms with Crippen LogP contribution in [0.4, 0.5) is 0 Å². The molecule has 0 bridgehead atoms. The van der Waals surface area contributed by atoms with Crippen LogP contribution >= 0.6 is 0 Å². The summed E-state index contributed by atoms with van der Waals surface area (Å²) < 4.78 is 0. The predicted molar refractivity (Wildman–Crippen MR) is 72.9 cm³/mol. The zero-order valence-corrected chi connectivity index (χ0v) is 10.5. The quantitative estimate of drug-likeness (QED) is 0.850. The third-order valence-electron chi connectivity index (χ3n) is 3.38. The number of benzene rings is 2. The first-order chi connectivity index (χ1) is 8.14. The first kappa shape index (κ1) is 11.9. The Balaban J connectivity index is 2.44. The van der Waals surface area contributed by atoms with Crippen LogP contribution in [0.5, 0.6) is 0 Å². The van der Waals surface area contributed by atoms with E-state index in [1.54, 1.807) is 0 Å². The Morgan fingerprint density at radius 1 is 0.882 bits per heavy atom. The van der Waals surface area contributed by atoms with Gasteiger partial charge in [-0.1, -0.05) is 68.4 Å². The van der Waals surface area contributed by atoms with Gasteiger partial charge in [0, 0.05) is 12.0 Å². The molecular formula is C16H19N.